The molecule has 0 amide bonds. The summed E-state index contributed by atoms with van der Waals surface area (Å²) in [6.07, 6.45) is -12.2. The van der Waals surface area contributed by atoms with Crippen molar-refractivity contribution < 1.29 is 50.5 Å². The third-order valence-electron chi connectivity index (χ3n) is 1.46. The Morgan fingerprint density at radius 1 is 1.12 bits per heavy atom. The van der Waals surface area contributed by atoms with Crippen molar-refractivity contribution in [1.29, 1.82) is 0 Å². The second kappa shape index (κ2) is 5.29. The van der Waals surface area contributed by atoms with Crippen LogP contribution in [0.25, 0.3) is 0 Å². The van der Waals surface area contributed by atoms with Crippen molar-refractivity contribution in [1.82, 2.24) is 0 Å². The van der Waals surface area contributed by atoms with Crippen molar-refractivity contribution in [3.05, 3.63) is 0 Å². The molecule has 0 aromatic rings. The van der Waals surface area contributed by atoms with Crippen molar-refractivity contribution >= 4 is 18.0 Å². The molecule has 0 heterocycles. The molecule has 0 fully saturated rings. The molecule has 0 rings (SSSR count). The van der Waals surface area contributed by atoms with E-state index in [1.807, 2.05) is 0 Å². The zero-order valence-electron chi connectivity index (χ0n) is 7.76. The molecule has 5 nitrogen and oxygen atoms in total. The van der Waals surface area contributed by atoms with Gasteiger partial charge in [-0.1, -0.05) is 5.04 Å². The van der Waals surface area contributed by atoms with Gasteiger partial charge in [0.1, 0.15) is 0 Å². The van der Waals surface area contributed by atoms with Gasteiger partial charge >= 0.3 is 23.1 Å². The Balaban J connectivity index is 5.64. The van der Waals surface area contributed by atoms with E-state index in [2.05, 4.69) is 14.1 Å². The van der Waals surface area contributed by atoms with Gasteiger partial charge in [-0.2, -0.15) is 26.3 Å². The number of hydrogen-bond acceptors (Lipinski definition) is 6. The van der Waals surface area contributed by atoms with Crippen molar-refractivity contribution in [2.45, 2.75) is 17.1 Å². The lowest BCUT2D eigenvalue weighted by molar-refractivity contribution is -0.434. The highest BCUT2D eigenvalue weighted by atomic mass is 32.2. The van der Waals surface area contributed by atoms with E-state index in [1.165, 1.54) is 0 Å². The fourth-order valence-corrected chi connectivity index (χ4v) is 1.20. The Hall–Kier alpha value is -0.720. The zero-order chi connectivity index (χ0) is 13.9. The summed E-state index contributed by atoms with van der Waals surface area (Å²) < 4.78 is 75.8. The molecular weight excluding hydrogens is 286 g/mol. The van der Waals surface area contributed by atoms with Crippen LogP contribution in [0.3, 0.4) is 0 Å². The summed E-state index contributed by atoms with van der Waals surface area (Å²) in [5.41, 5.74) is 0. The molecule has 102 valence electrons. The summed E-state index contributed by atoms with van der Waals surface area (Å²) in [5, 5.41) is 10.2. The van der Waals surface area contributed by atoms with Crippen LogP contribution in [-0.2, 0) is 18.9 Å². The number of rotatable bonds is 4. The van der Waals surface area contributed by atoms with Crippen LogP contribution >= 0.6 is 12.0 Å². The van der Waals surface area contributed by atoms with Gasteiger partial charge in [0, 0.05) is 0 Å². The molecule has 0 atom stereocenters. The summed E-state index contributed by atoms with van der Waals surface area (Å²) in [6.45, 7) is 0. The number of esters is 1. The van der Waals surface area contributed by atoms with Gasteiger partial charge in [0.15, 0.2) is 0 Å². The molecular formula is C5H4F6O5S. The Bertz CT molecular complexity index is 261. The molecule has 0 bridgehead atoms. The van der Waals surface area contributed by atoms with Crippen LogP contribution in [0.4, 0.5) is 26.3 Å². The molecule has 0 aliphatic rings. The first-order valence-electron chi connectivity index (χ1n) is 3.42. The summed E-state index contributed by atoms with van der Waals surface area (Å²) in [5.74, 6) is -2.67. The molecule has 0 unspecified atom stereocenters. The van der Waals surface area contributed by atoms with Gasteiger partial charge in [0.05, 0.1) is 19.2 Å². The van der Waals surface area contributed by atoms with E-state index in [4.69, 9.17) is 5.26 Å². The standard InChI is InChI=1S/C5H4F6O5S/c1-14-2(12)3(4(6,7)8,5(9,10)11)17-16-15-13/h13H,1H3. The van der Waals surface area contributed by atoms with Crippen molar-refractivity contribution in [2.24, 2.45) is 0 Å². The first-order valence-corrected chi connectivity index (χ1v) is 4.16. The molecule has 0 spiro atoms. The Morgan fingerprint density at radius 2 is 1.53 bits per heavy atom. The highest BCUT2D eigenvalue weighted by molar-refractivity contribution is 7.96. The van der Waals surface area contributed by atoms with Crippen molar-refractivity contribution in [3.63, 3.8) is 0 Å². The zero-order valence-corrected chi connectivity index (χ0v) is 8.57. The second-order valence-corrected chi connectivity index (χ2v) is 3.31. The van der Waals surface area contributed by atoms with Gasteiger partial charge in [0.25, 0.3) is 0 Å². The largest absolute Gasteiger partial charge is 0.467 e. The lowest BCUT2D eigenvalue weighted by Crippen LogP contribution is -2.60. The average molecular weight is 290 g/mol. The number of ether oxygens (including phenoxy) is 1. The molecule has 0 saturated carbocycles. The van der Waals surface area contributed by atoms with Crippen LogP contribution < -0.4 is 0 Å². The smallest absolute Gasteiger partial charge is 0.425 e. The molecule has 0 saturated heterocycles. The number of carbonyl (C=O) groups is 1. The predicted octanol–water partition coefficient (Wildman–Crippen LogP) is 2.09. The first-order chi connectivity index (χ1) is 7.54. The second-order valence-electron chi connectivity index (χ2n) is 2.39. The fraction of sp³-hybridized carbons (Fsp3) is 0.800. The van der Waals surface area contributed by atoms with Crippen molar-refractivity contribution in [3.8, 4) is 0 Å². The maximum absolute atomic E-state index is 12.4. The van der Waals surface area contributed by atoms with Crippen LogP contribution in [0.5, 0.6) is 0 Å². The Labute approximate surface area is 93.7 Å². The van der Waals surface area contributed by atoms with E-state index in [9.17, 15) is 31.1 Å². The number of carbonyl (C=O) groups excluding carboxylic acids is 1. The first kappa shape index (κ1) is 16.3. The number of alkyl halides is 6. The molecule has 0 aliphatic carbocycles. The van der Waals surface area contributed by atoms with Gasteiger partial charge in [-0.15, -0.1) is 4.33 Å². The summed E-state index contributed by atoms with van der Waals surface area (Å²) in [7, 11) is 0.328. The van der Waals surface area contributed by atoms with E-state index >= 15 is 0 Å². The van der Waals surface area contributed by atoms with Crippen LogP contribution in [0.15, 0.2) is 0 Å². The fourth-order valence-electron chi connectivity index (χ4n) is 0.731. The third kappa shape index (κ3) is 2.94. The van der Waals surface area contributed by atoms with Crippen LogP contribution in [0, 0.1) is 0 Å². The minimum absolute atomic E-state index is 0.328. The quantitative estimate of drug-likeness (QED) is 0.281. The molecule has 0 aromatic carbocycles. The monoisotopic (exact) mass is 290 g/mol. The maximum atomic E-state index is 12.4. The van der Waals surface area contributed by atoms with Crippen LogP contribution in [0.1, 0.15) is 0 Å². The SMILES string of the molecule is COC(=O)C(SOOO)(C(F)(F)F)C(F)(F)F. The van der Waals surface area contributed by atoms with Crippen molar-refractivity contribution in [2.75, 3.05) is 7.11 Å². The lowest BCUT2D eigenvalue weighted by atomic mass is 10.1. The van der Waals surface area contributed by atoms with Gasteiger partial charge < -0.3 is 4.74 Å². The summed E-state index contributed by atoms with van der Waals surface area (Å²) in [4.78, 5) is 10.7. The minimum atomic E-state index is -6.08. The molecule has 17 heavy (non-hydrogen) atoms. The van der Waals surface area contributed by atoms with Gasteiger partial charge in [-0.3, -0.25) is 0 Å². The Morgan fingerprint density at radius 3 is 1.76 bits per heavy atom. The summed E-state index contributed by atoms with van der Waals surface area (Å²) >= 11 is -1.48. The highest BCUT2D eigenvalue weighted by Gasteiger charge is 2.79. The molecule has 0 radical (unpaired) electrons. The molecule has 1 N–H and O–H groups in total. The van der Waals surface area contributed by atoms with E-state index < -0.39 is 35.1 Å². The average Bonchev–Trinajstić information content (AvgIpc) is 2.14. The number of halogens is 6. The highest BCUT2D eigenvalue weighted by Crippen LogP contribution is 2.53. The topological polar surface area (TPSA) is 65.0 Å². The lowest BCUT2D eigenvalue weighted by Gasteiger charge is -2.31. The molecule has 0 aromatic heterocycles. The van der Waals surface area contributed by atoms with Gasteiger partial charge in [0.2, 0.25) is 0 Å². The Kier molecular flexibility index (Phi) is 5.06. The maximum Gasteiger partial charge on any atom is 0.425 e. The van der Waals surface area contributed by atoms with Crippen LogP contribution in [-0.4, -0.2) is 35.4 Å². The number of hydrogen-bond donors (Lipinski definition) is 1. The van der Waals surface area contributed by atoms with Gasteiger partial charge in [-0.05, 0) is 0 Å². The molecule has 0 aliphatic heterocycles. The summed E-state index contributed by atoms with van der Waals surface area (Å²) in [6, 6.07) is 0. The minimum Gasteiger partial charge on any atom is -0.467 e. The third-order valence-corrected chi connectivity index (χ3v) is 2.47. The number of methoxy groups -OCH3 is 1. The van der Waals surface area contributed by atoms with Crippen LogP contribution in [0.2, 0.25) is 0 Å². The van der Waals surface area contributed by atoms with E-state index in [1.54, 1.807) is 0 Å². The predicted molar refractivity (Wildman–Crippen MR) is 39.2 cm³/mol. The van der Waals surface area contributed by atoms with E-state index in [-0.39, 0.29) is 0 Å². The van der Waals surface area contributed by atoms with E-state index in [0.717, 1.165) is 0 Å². The van der Waals surface area contributed by atoms with Gasteiger partial charge in [-0.25, -0.2) is 10.1 Å². The normalized spacial score (nSPS) is 13.6. The molecule has 12 heteroatoms. The van der Waals surface area contributed by atoms with E-state index in [0.29, 0.717) is 7.11 Å².